The molecule has 10 atom stereocenters. The quantitative estimate of drug-likeness (QED) is 0.148. The van der Waals surface area contributed by atoms with Crippen LogP contribution in [0, 0.1) is 11.8 Å². The maximum absolute atomic E-state index is 13.3. The average Bonchev–Trinajstić information content (AvgIpc) is 2.97. The van der Waals surface area contributed by atoms with Gasteiger partial charge in [0.05, 0.1) is 18.8 Å². The van der Waals surface area contributed by atoms with Crippen LogP contribution < -0.4 is 0 Å². The first-order chi connectivity index (χ1) is 19.6. The fourth-order valence-corrected chi connectivity index (χ4v) is 5.19. The molecule has 0 aromatic heterocycles. The number of phenolic OH excluding ortho intramolecular Hbond substituents is 1. The minimum Gasteiger partial charge on any atom is -0.507 e. The Bertz CT molecular complexity index is 1390. The standard InChI is InChI=1S/C28H28O13/c29-9-16-22(34)24(36)26(38)28(40-16)41-27-17(10-30)39-15(21(33)25(27)37)8-7-11-3-1-4-12-18(11)23(35)19-13(20(12)32)5-2-6-14(19)31/h1-6,15-17,21-22,24-31,33-34,36-38H,9-10H2/t15-,16+,17+,21-,22+,24-,25+,26+,27+,28-/m0/s1. The Morgan fingerprint density at radius 3 is 2.07 bits per heavy atom. The number of hydrogen-bond donors (Lipinski definition) is 8. The van der Waals surface area contributed by atoms with Crippen LogP contribution in [0.4, 0.5) is 0 Å². The minimum atomic E-state index is -1.80. The molecular weight excluding hydrogens is 544 g/mol. The van der Waals surface area contributed by atoms with Gasteiger partial charge in [0, 0.05) is 22.3 Å². The van der Waals surface area contributed by atoms with Crippen LogP contribution in [-0.2, 0) is 14.2 Å². The number of hydrogen-bond acceptors (Lipinski definition) is 13. The fraction of sp³-hybridized carbons (Fsp3) is 0.429. The molecule has 1 aliphatic carbocycles. The number of fused-ring (bicyclic) bond motifs is 2. The van der Waals surface area contributed by atoms with Gasteiger partial charge in [-0.05, 0) is 12.1 Å². The summed E-state index contributed by atoms with van der Waals surface area (Å²) in [6, 6.07) is 8.59. The number of ketones is 2. The SMILES string of the molecule is O=C1c2cccc(O)c2C(=O)c2c(C#C[C@@H]3O[C@H](CO)[C@@H](O[C@@H]4O[C@H](CO)[C@@H](O)[C@H](O)[C@H]4O)[C@H](O)[C@H]3O)cccc21. The van der Waals surface area contributed by atoms with E-state index in [1.807, 2.05) is 0 Å². The van der Waals surface area contributed by atoms with Crippen LogP contribution in [0.1, 0.15) is 37.4 Å². The summed E-state index contributed by atoms with van der Waals surface area (Å²) >= 11 is 0. The van der Waals surface area contributed by atoms with Crippen molar-refractivity contribution in [3.05, 3.63) is 64.2 Å². The third-order valence-electron chi connectivity index (χ3n) is 7.40. The average molecular weight is 573 g/mol. The van der Waals surface area contributed by atoms with E-state index in [9.17, 15) is 50.4 Å². The highest BCUT2D eigenvalue weighted by Crippen LogP contribution is 2.34. The summed E-state index contributed by atoms with van der Waals surface area (Å²) in [7, 11) is 0. The van der Waals surface area contributed by atoms with Gasteiger partial charge < -0.3 is 55.1 Å². The van der Waals surface area contributed by atoms with Crippen molar-refractivity contribution in [1.29, 1.82) is 0 Å². The molecule has 5 rings (SSSR count). The van der Waals surface area contributed by atoms with Gasteiger partial charge in [0.25, 0.3) is 0 Å². The van der Waals surface area contributed by atoms with Crippen LogP contribution in [0.2, 0.25) is 0 Å². The zero-order valence-electron chi connectivity index (χ0n) is 21.3. The predicted octanol–water partition coefficient (Wildman–Crippen LogP) is -2.81. The zero-order chi connectivity index (χ0) is 29.6. The molecule has 13 heteroatoms. The number of carbonyl (C=O) groups is 2. The van der Waals surface area contributed by atoms with Crippen molar-refractivity contribution >= 4 is 11.6 Å². The molecule has 8 N–H and O–H groups in total. The second-order valence-corrected chi connectivity index (χ2v) is 9.91. The van der Waals surface area contributed by atoms with E-state index in [4.69, 9.17) is 14.2 Å². The highest BCUT2D eigenvalue weighted by Gasteiger charge is 2.50. The Morgan fingerprint density at radius 1 is 0.732 bits per heavy atom. The first-order valence-corrected chi connectivity index (χ1v) is 12.7. The van der Waals surface area contributed by atoms with Gasteiger partial charge in [-0.2, -0.15) is 0 Å². The van der Waals surface area contributed by atoms with E-state index in [2.05, 4.69) is 11.8 Å². The van der Waals surface area contributed by atoms with Crippen molar-refractivity contribution in [2.75, 3.05) is 13.2 Å². The molecule has 0 saturated carbocycles. The number of phenols is 1. The van der Waals surface area contributed by atoms with Gasteiger partial charge in [-0.1, -0.05) is 36.1 Å². The Hall–Kier alpha value is -3.26. The zero-order valence-corrected chi connectivity index (χ0v) is 21.3. The summed E-state index contributed by atoms with van der Waals surface area (Å²) in [5.41, 5.74) is 0.0223. The lowest BCUT2D eigenvalue weighted by molar-refractivity contribution is -0.339. The molecule has 2 aromatic carbocycles. The van der Waals surface area contributed by atoms with Gasteiger partial charge >= 0.3 is 0 Å². The molecule has 0 radical (unpaired) electrons. The Labute approximate surface area is 232 Å². The highest BCUT2D eigenvalue weighted by atomic mass is 16.7. The monoisotopic (exact) mass is 572 g/mol. The van der Waals surface area contributed by atoms with Crippen LogP contribution in [0.5, 0.6) is 5.75 Å². The van der Waals surface area contributed by atoms with Crippen LogP contribution in [-0.4, -0.2) is 127 Å². The van der Waals surface area contributed by atoms with Gasteiger partial charge in [-0.25, -0.2) is 0 Å². The van der Waals surface area contributed by atoms with Crippen LogP contribution in [0.25, 0.3) is 0 Å². The summed E-state index contributed by atoms with van der Waals surface area (Å²) in [5, 5.41) is 81.3. The number of aliphatic hydroxyl groups excluding tert-OH is 7. The highest BCUT2D eigenvalue weighted by molar-refractivity contribution is 6.30. The Morgan fingerprint density at radius 2 is 1.39 bits per heavy atom. The van der Waals surface area contributed by atoms with E-state index in [-0.39, 0.29) is 33.6 Å². The third-order valence-corrected chi connectivity index (χ3v) is 7.40. The van der Waals surface area contributed by atoms with Crippen LogP contribution >= 0.6 is 0 Å². The molecule has 13 nitrogen and oxygen atoms in total. The Balaban J connectivity index is 1.39. The molecule has 0 unspecified atom stereocenters. The van der Waals surface area contributed by atoms with Crippen molar-refractivity contribution < 1.29 is 64.7 Å². The topological polar surface area (TPSA) is 224 Å². The molecule has 0 spiro atoms. The molecule has 2 saturated heterocycles. The van der Waals surface area contributed by atoms with E-state index < -0.39 is 86.0 Å². The molecule has 2 aliphatic heterocycles. The van der Waals surface area contributed by atoms with Gasteiger partial charge in [-0.3, -0.25) is 9.59 Å². The first kappa shape index (κ1) is 29.2. The molecule has 0 amide bonds. The van der Waals surface area contributed by atoms with Gasteiger partial charge in [0.2, 0.25) is 0 Å². The van der Waals surface area contributed by atoms with E-state index in [1.54, 1.807) is 0 Å². The summed E-state index contributed by atoms with van der Waals surface area (Å²) in [5.74, 6) is 3.83. The molecule has 2 fully saturated rings. The van der Waals surface area contributed by atoms with Gasteiger partial charge in [0.1, 0.15) is 60.7 Å². The summed E-state index contributed by atoms with van der Waals surface area (Å²) < 4.78 is 16.5. The third kappa shape index (κ3) is 5.05. The maximum Gasteiger partial charge on any atom is 0.199 e. The second-order valence-electron chi connectivity index (χ2n) is 9.91. The lowest BCUT2D eigenvalue weighted by Gasteiger charge is -2.45. The first-order valence-electron chi connectivity index (χ1n) is 12.7. The maximum atomic E-state index is 13.3. The van der Waals surface area contributed by atoms with Crippen molar-refractivity contribution in [3.63, 3.8) is 0 Å². The van der Waals surface area contributed by atoms with E-state index in [0.717, 1.165) is 0 Å². The molecule has 3 aliphatic rings. The smallest absolute Gasteiger partial charge is 0.199 e. The number of carbonyl (C=O) groups excluding carboxylic acids is 2. The number of rotatable bonds is 4. The summed E-state index contributed by atoms with van der Waals surface area (Å²) in [6.45, 7) is -1.46. The largest absolute Gasteiger partial charge is 0.507 e. The minimum absolute atomic E-state index is 0.0487. The fourth-order valence-electron chi connectivity index (χ4n) is 5.19. The molecular formula is C28H28O13. The molecule has 218 valence electrons. The molecule has 2 heterocycles. The molecule has 2 aromatic rings. The Kier molecular flexibility index (Phi) is 8.24. The lowest BCUT2D eigenvalue weighted by Crippen LogP contribution is -2.64. The van der Waals surface area contributed by atoms with E-state index in [1.165, 1.54) is 36.4 Å². The summed E-state index contributed by atoms with van der Waals surface area (Å²) in [4.78, 5) is 26.3. The lowest BCUT2D eigenvalue weighted by atomic mass is 9.81. The van der Waals surface area contributed by atoms with Crippen LogP contribution in [0.15, 0.2) is 36.4 Å². The van der Waals surface area contributed by atoms with E-state index >= 15 is 0 Å². The predicted molar refractivity (Wildman–Crippen MR) is 135 cm³/mol. The number of benzene rings is 2. The van der Waals surface area contributed by atoms with Crippen molar-refractivity contribution in [2.45, 2.75) is 61.2 Å². The summed E-state index contributed by atoms with van der Waals surface area (Å²) in [6.07, 6.45) is -15.9. The van der Waals surface area contributed by atoms with Gasteiger partial charge in [-0.15, -0.1) is 0 Å². The number of aromatic hydroxyl groups is 1. The normalized spacial score (nSPS) is 34.8. The number of ether oxygens (including phenoxy) is 3. The molecule has 41 heavy (non-hydrogen) atoms. The van der Waals surface area contributed by atoms with E-state index in [0.29, 0.717) is 0 Å². The number of aliphatic hydroxyl groups is 7. The van der Waals surface area contributed by atoms with Crippen molar-refractivity contribution in [2.24, 2.45) is 0 Å². The van der Waals surface area contributed by atoms with Crippen molar-refractivity contribution in [3.8, 4) is 17.6 Å². The van der Waals surface area contributed by atoms with Gasteiger partial charge in [0.15, 0.2) is 17.9 Å². The molecule has 0 bridgehead atoms. The van der Waals surface area contributed by atoms with Crippen LogP contribution in [0.3, 0.4) is 0 Å². The van der Waals surface area contributed by atoms with Crippen molar-refractivity contribution in [1.82, 2.24) is 0 Å². The second kappa shape index (κ2) is 11.6.